The quantitative estimate of drug-likeness (QED) is 0.480. The van der Waals surface area contributed by atoms with Crippen molar-refractivity contribution in [3.05, 3.63) is 64.6 Å². The summed E-state index contributed by atoms with van der Waals surface area (Å²) in [5, 5.41) is 11.8. The fourth-order valence-corrected chi connectivity index (χ4v) is 2.87. The van der Waals surface area contributed by atoms with Crippen molar-refractivity contribution in [1.82, 2.24) is 0 Å². The number of aromatic nitrogens is 1. The Kier molecular flexibility index (Phi) is 3.97. The maximum atomic E-state index is 12.7. The highest BCUT2D eigenvalue weighted by Gasteiger charge is 2.30. The van der Waals surface area contributed by atoms with Crippen LogP contribution in [0.3, 0.4) is 0 Å². The molecule has 3 rings (SSSR count). The smallest absolute Gasteiger partial charge is 0.338 e. The van der Waals surface area contributed by atoms with Gasteiger partial charge in [-0.3, -0.25) is 4.79 Å². The van der Waals surface area contributed by atoms with Gasteiger partial charge in [-0.2, -0.15) is 4.73 Å². The number of pyridine rings is 1. The molecule has 0 N–H and O–H groups in total. The minimum Gasteiger partial charge on any atom is -0.618 e. The van der Waals surface area contributed by atoms with E-state index in [1.54, 1.807) is 35.2 Å². The van der Waals surface area contributed by atoms with Crippen LogP contribution in [0.25, 0.3) is 0 Å². The van der Waals surface area contributed by atoms with Crippen molar-refractivity contribution in [3.8, 4) is 0 Å². The van der Waals surface area contributed by atoms with Gasteiger partial charge in [0.15, 0.2) is 6.20 Å². The van der Waals surface area contributed by atoms with Gasteiger partial charge in [0.1, 0.15) is 0 Å². The molecule has 1 aliphatic rings. The molecule has 0 spiro atoms. The second-order valence-corrected chi connectivity index (χ2v) is 5.27. The van der Waals surface area contributed by atoms with E-state index in [2.05, 4.69) is 0 Å². The number of ether oxygens (including phenoxy) is 1. The normalized spacial score (nSPS) is 13.3. The van der Waals surface area contributed by atoms with Gasteiger partial charge in [-0.25, -0.2) is 4.79 Å². The molecule has 23 heavy (non-hydrogen) atoms. The van der Waals surface area contributed by atoms with Crippen molar-refractivity contribution in [2.75, 3.05) is 18.6 Å². The molecule has 6 heteroatoms. The second-order valence-electron chi connectivity index (χ2n) is 5.27. The molecule has 1 amide bonds. The molecule has 2 heterocycles. The number of nitrogens with zero attached hydrogens (tertiary/aromatic N) is 2. The van der Waals surface area contributed by atoms with Crippen LogP contribution in [0.2, 0.25) is 0 Å². The van der Waals surface area contributed by atoms with Gasteiger partial charge < -0.3 is 14.8 Å². The summed E-state index contributed by atoms with van der Waals surface area (Å²) in [6, 6.07) is 9.91. The maximum absolute atomic E-state index is 12.7. The fraction of sp³-hybridized carbons (Fsp3) is 0.235. The number of amides is 1. The van der Waals surface area contributed by atoms with Crippen molar-refractivity contribution >= 4 is 17.6 Å². The summed E-state index contributed by atoms with van der Waals surface area (Å²) >= 11 is 0. The predicted octanol–water partition coefficient (Wildman–Crippen LogP) is 1.70. The lowest BCUT2D eigenvalue weighted by Crippen LogP contribution is -2.43. The van der Waals surface area contributed by atoms with Crippen LogP contribution in [-0.4, -0.2) is 25.5 Å². The SMILES string of the molecule is COC(=O)c1cccc2c1CCCN2C(=O)c1cccc[n+]1[O-]. The lowest BCUT2D eigenvalue weighted by atomic mass is 9.96. The zero-order valence-electron chi connectivity index (χ0n) is 12.7. The van der Waals surface area contributed by atoms with Crippen LogP contribution in [-0.2, 0) is 11.2 Å². The van der Waals surface area contributed by atoms with E-state index >= 15 is 0 Å². The Labute approximate surface area is 133 Å². The molecule has 0 unspecified atom stereocenters. The van der Waals surface area contributed by atoms with Gasteiger partial charge in [0.25, 0.3) is 5.69 Å². The minimum atomic E-state index is -0.422. The monoisotopic (exact) mass is 312 g/mol. The van der Waals surface area contributed by atoms with Crippen LogP contribution >= 0.6 is 0 Å². The number of hydrogen-bond acceptors (Lipinski definition) is 4. The van der Waals surface area contributed by atoms with E-state index in [1.165, 1.54) is 19.4 Å². The summed E-state index contributed by atoms with van der Waals surface area (Å²) in [5.41, 5.74) is 1.97. The van der Waals surface area contributed by atoms with E-state index in [4.69, 9.17) is 4.74 Å². The van der Waals surface area contributed by atoms with Crippen molar-refractivity contribution in [2.24, 2.45) is 0 Å². The summed E-state index contributed by atoms with van der Waals surface area (Å²) in [7, 11) is 1.33. The number of rotatable bonds is 2. The lowest BCUT2D eigenvalue weighted by molar-refractivity contribution is -0.607. The summed E-state index contributed by atoms with van der Waals surface area (Å²) in [4.78, 5) is 26.2. The second kappa shape index (κ2) is 6.08. The van der Waals surface area contributed by atoms with Crippen LogP contribution in [0.5, 0.6) is 0 Å². The highest BCUT2D eigenvalue weighted by molar-refractivity contribution is 6.05. The van der Waals surface area contributed by atoms with Gasteiger partial charge in [-0.1, -0.05) is 6.07 Å². The third-order valence-corrected chi connectivity index (χ3v) is 3.94. The van der Waals surface area contributed by atoms with E-state index in [0.717, 1.165) is 12.0 Å². The molecule has 1 aromatic carbocycles. The van der Waals surface area contributed by atoms with Gasteiger partial charge in [0, 0.05) is 24.4 Å². The summed E-state index contributed by atoms with van der Waals surface area (Å²) < 4.78 is 5.36. The van der Waals surface area contributed by atoms with Gasteiger partial charge in [0.05, 0.1) is 12.7 Å². The van der Waals surface area contributed by atoms with Crippen LogP contribution in [0.15, 0.2) is 42.6 Å². The topological polar surface area (TPSA) is 73.5 Å². The van der Waals surface area contributed by atoms with Crippen LogP contribution in [0, 0.1) is 5.21 Å². The number of carbonyl (C=O) groups is 2. The van der Waals surface area contributed by atoms with Gasteiger partial charge >= 0.3 is 11.9 Å². The number of anilines is 1. The zero-order chi connectivity index (χ0) is 16.4. The molecule has 118 valence electrons. The predicted molar refractivity (Wildman–Crippen MR) is 83.2 cm³/mol. The number of methoxy groups -OCH3 is 1. The molecule has 0 saturated carbocycles. The Morgan fingerprint density at radius 3 is 2.78 bits per heavy atom. The van der Waals surface area contributed by atoms with Crippen molar-refractivity contribution < 1.29 is 19.1 Å². The Morgan fingerprint density at radius 1 is 1.22 bits per heavy atom. The first-order valence-electron chi connectivity index (χ1n) is 7.33. The highest BCUT2D eigenvalue weighted by Crippen LogP contribution is 2.31. The molecular formula is C17H16N2O4. The molecular weight excluding hydrogens is 296 g/mol. The largest absolute Gasteiger partial charge is 0.618 e. The number of benzene rings is 1. The first kappa shape index (κ1) is 15.0. The summed E-state index contributed by atoms with van der Waals surface area (Å²) in [6.45, 7) is 0.505. The van der Waals surface area contributed by atoms with Crippen molar-refractivity contribution in [1.29, 1.82) is 0 Å². The number of fused-ring (bicyclic) bond motifs is 1. The molecule has 1 aliphatic heterocycles. The Balaban J connectivity index is 2.04. The fourth-order valence-electron chi connectivity index (χ4n) is 2.87. The van der Waals surface area contributed by atoms with Crippen molar-refractivity contribution in [3.63, 3.8) is 0 Å². The molecule has 0 radical (unpaired) electrons. The lowest BCUT2D eigenvalue weighted by Gasteiger charge is -2.29. The van der Waals surface area contributed by atoms with E-state index in [1.807, 2.05) is 0 Å². The number of esters is 1. The standard InChI is InChI=1S/C17H16N2O4/c1-23-17(21)13-6-4-9-14-12(13)7-5-10-18(14)16(20)15-8-2-3-11-19(15)22/h2-4,6,8-9,11H,5,7,10H2,1H3. The van der Waals surface area contributed by atoms with Gasteiger partial charge in [-0.05, 0) is 36.6 Å². The Bertz CT molecular complexity index is 773. The average Bonchev–Trinajstić information content (AvgIpc) is 2.60. The summed E-state index contributed by atoms with van der Waals surface area (Å²) in [6.07, 6.45) is 2.71. The summed E-state index contributed by atoms with van der Waals surface area (Å²) in [5.74, 6) is -0.793. The molecule has 0 bridgehead atoms. The molecule has 6 nitrogen and oxygen atoms in total. The van der Waals surface area contributed by atoms with Crippen LogP contribution in [0.1, 0.15) is 32.8 Å². The molecule has 1 aromatic heterocycles. The first-order chi connectivity index (χ1) is 11.1. The molecule has 0 aliphatic carbocycles. The Morgan fingerprint density at radius 2 is 2.04 bits per heavy atom. The van der Waals surface area contributed by atoms with Crippen LogP contribution < -0.4 is 9.63 Å². The minimum absolute atomic E-state index is 0.0591. The van der Waals surface area contributed by atoms with E-state index in [0.29, 0.717) is 28.9 Å². The first-order valence-corrected chi connectivity index (χ1v) is 7.33. The van der Waals surface area contributed by atoms with E-state index in [9.17, 15) is 14.8 Å². The molecule has 0 saturated heterocycles. The number of hydrogen-bond donors (Lipinski definition) is 0. The highest BCUT2D eigenvalue weighted by atomic mass is 16.5. The molecule has 0 fully saturated rings. The number of carbonyl (C=O) groups excluding carboxylic acids is 2. The Hall–Kier alpha value is -2.89. The molecule has 2 aromatic rings. The van der Waals surface area contributed by atoms with Gasteiger partial charge in [0.2, 0.25) is 0 Å². The zero-order valence-corrected chi connectivity index (χ0v) is 12.7. The van der Waals surface area contributed by atoms with Crippen molar-refractivity contribution in [2.45, 2.75) is 12.8 Å². The van der Waals surface area contributed by atoms with Crippen LogP contribution in [0.4, 0.5) is 5.69 Å². The average molecular weight is 312 g/mol. The third-order valence-electron chi connectivity index (χ3n) is 3.94. The molecule has 0 atom stereocenters. The maximum Gasteiger partial charge on any atom is 0.338 e. The van der Waals surface area contributed by atoms with Gasteiger partial charge in [-0.15, -0.1) is 0 Å². The van der Waals surface area contributed by atoms with E-state index in [-0.39, 0.29) is 11.6 Å². The third kappa shape index (κ3) is 2.63. The van der Waals surface area contributed by atoms with E-state index < -0.39 is 5.97 Å².